The highest BCUT2D eigenvalue weighted by molar-refractivity contribution is 5.88. The molecule has 4 aromatic rings. The van der Waals surface area contributed by atoms with Crippen LogP contribution in [0.3, 0.4) is 0 Å². The second-order valence-electron chi connectivity index (χ2n) is 6.65. The molecule has 0 aliphatic heterocycles. The van der Waals surface area contributed by atoms with Crippen molar-refractivity contribution in [2.24, 2.45) is 5.10 Å². The van der Waals surface area contributed by atoms with Crippen LogP contribution in [0.1, 0.15) is 11.1 Å². The summed E-state index contributed by atoms with van der Waals surface area (Å²) in [5.74, 6) is 1.18. The van der Waals surface area contributed by atoms with Gasteiger partial charge >= 0.3 is 0 Å². The predicted molar refractivity (Wildman–Crippen MR) is 120 cm³/mol. The molecule has 0 amide bonds. The zero-order valence-electron chi connectivity index (χ0n) is 16.7. The molecule has 2 N–H and O–H groups in total. The molecule has 0 radical (unpaired) electrons. The molecule has 2 aromatic heterocycles. The van der Waals surface area contributed by atoms with E-state index in [1.807, 2.05) is 73.7 Å². The van der Waals surface area contributed by atoms with Gasteiger partial charge in [-0.15, -0.1) is 0 Å². The molecule has 4 rings (SSSR count). The molecule has 30 heavy (non-hydrogen) atoms. The van der Waals surface area contributed by atoms with Gasteiger partial charge in [0.15, 0.2) is 0 Å². The van der Waals surface area contributed by atoms with Gasteiger partial charge in [0, 0.05) is 11.9 Å². The van der Waals surface area contributed by atoms with Crippen molar-refractivity contribution in [2.75, 3.05) is 17.9 Å². The van der Waals surface area contributed by atoms with Crippen molar-refractivity contribution in [3.8, 4) is 5.75 Å². The minimum atomic E-state index is -0.210. The monoisotopic (exact) mass is 399 g/mol. The van der Waals surface area contributed by atoms with Crippen LogP contribution in [0.4, 0.5) is 17.2 Å². The lowest BCUT2D eigenvalue weighted by molar-refractivity contribution is 0.415. The lowest BCUT2D eigenvalue weighted by Gasteiger charge is -2.12. The first kappa shape index (κ1) is 19.2. The van der Waals surface area contributed by atoms with Gasteiger partial charge in [-0.25, -0.2) is 4.98 Å². The summed E-state index contributed by atoms with van der Waals surface area (Å²) in [7, 11) is 1.62. The Kier molecular flexibility index (Phi) is 5.43. The fourth-order valence-electron chi connectivity index (χ4n) is 3.02. The second-order valence-corrected chi connectivity index (χ2v) is 6.65. The Balaban J connectivity index is 1.76. The lowest BCUT2D eigenvalue weighted by Crippen LogP contribution is -2.22. The predicted octanol–water partition coefficient (Wildman–Crippen LogP) is 4.20. The van der Waals surface area contributed by atoms with Crippen LogP contribution in [-0.4, -0.2) is 22.7 Å². The highest BCUT2D eigenvalue weighted by Gasteiger charge is 2.13. The van der Waals surface area contributed by atoms with Crippen LogP contribution in [0.5, 0.6) is 5.75 Å². The van der Waals surface area contributed by atoms with Gasteiger partial charge in [0.25, 0.3) is 5.56 Å². The van der Waals surface area contributed by atoms with E-state index in [2.05, 4.69) is 15.8 Å². The molecule has 7 heteroatoms. The average molecular weight is 399 g/mol. The van der Waals surface area contributed by atoms with E-state index in [4.69, 9.17) is 9.72 Å². The van der Waals surface area contributed by atoms with E-state index in [1.54, 1.807) is 13.3 Å². The highest BCUT2D eigenvalue weighted by atomic mass is 16.5. The van der Waals surface area contributed by atoms with E-state index in [0.717, 1.165) is 22.7 Å². The molecule has 0 spiro atoms. The molecule has 0 aliphatic carbocycles. The topological polar surface area (TPSA) is 80.0 Å². The summed E-state index contributed by atoms with van der Waals surface area (Å²) in [6.45, 7) is 1.92. The van der Waals surface area contributed by atoms with Crippen molar-refractivity contribution in [1.82, 2.24) is 9.38 Å². The fraction of sp³-hybridized carbons (Fsp3) is 0.0870. The Labute approximate surface area is 173 Å². The number of hydrogen-bond donors (Lipinski definition) is 2. The van der Waals surface area contributed by atoms with E-state index in [0.29, 0.717) is 17.0 Å². The fourth-order valence-corrected chi connectivity index (χ4v) is 3.02. The van der Waals surface area contributed by atoms with E-state index in [-0.39, 0.29) is 5.56 Å². The van der Waals surface area contributed by atoms with Crippen LogP contribution in [0.25, 0.3) is 5.65 Å². The number of rotatable bonds is 6. The standard InChI is InChI=1S/C23H21N5O2/c1-16-7-6-14-28-22(16)26-21(25-17-10-12-19(30-2)13-11-17)20(23(28)29)15-24-27-18-8-4-3-5-9-18/h3-15,25,27H,1-2H3/b24-15+. The van der Waals surface area contributed by atoms with Crippen molar-refractivity contribution in [3.63, 3.8) is 0 Å². The van der Waals surface area contributed by atoms with Gasteiger partial charge < -0.3 is 10.1 Å². The molecule has 0 saturated heterocycles. The Morgan fingerprint density at radius 2 is 1.77 bits per heavy atom. The van der Waals surface area contributed by atoms with Crippen LogP contribution < -0.4 is 21.0 Å². The zero-order valence-corrected chi connectivity index (χ0v) is 16.7. The third-order valence-electron chi connectivity index (χ3n) is 4.60. The van der Waals surface area contributed by atoms with Gasteiger partial charge in [-0.1, -0.05) is 24.3 Å². The van der Waals surface area contributed by atoms with Crippen molar-refractivity contribution in [3.05, 3.63) is 94.4 Å². The van der Waals surface area contributed by atoms with E-state index in [1.165, 1.54) is 10.6 Å². The normalized spacial score (nSPS) is 11.0. The number of hydrazone groups is 1. The highest BCUT2D eigenvalue weighted by Crippen LogP contribution is 2.21. The molecule has 2 heterocycles. The Morgan fingerprint density at radius 3 is 2.50 bits per heavy atom. The Hall–Kier alpha value is -4.13. The number of aryl methyl sites for hydroxylation is 1. The SMILES string of the molecule is COc1ccc(Nc2nc3c(C)cccn3c(=O)c2/C=N/Nc2ccccc2)cc1. The molecule has 2 aromatic carbocycles. The number of benzene rings is 2. The van der Waals surface area contributed by atoms with Gasteiger partial charge in [0.2, 0.25) is 0 Å². The third kappa shape index (κ3) is 4.00. The van der Waals surface area contributed by atoms with Crippen LogP contribution in [0.2, 0.25) is 0 Å². The number of fused-ring (bicyclic) bond motifs is 1. The Morgan fingerprint density at radius 1 is 1.00 bits per heavy atom. The average Bonchev–Trinajstić information content (AvgIpc) is 2.78. The van der Waals surface area contributed by atoms with Crippen LogP contribution in [0.15, 0.2) is 82.8 Å². The number of ether oxygens (including phenoxy) is 1. The first-order valence-corrected chi connectivity index (χ1v) is 9.43. The minimum Gasteiger partial charge on any atom is -0.497 e. The lowest BCUT2D eigenvalue weighted by atomic mass is 10.2. The first-order chi connectivity index (χ1) is 14.7. The zero-order chi connectivity index (χ0) is 20.9. The summed E-state index contributed by atoms with van der Waals surface area (Å²) < 4.78 is 6.73. The number of para-hydroxylation sites is 1. The number of methoxy groups -OCH3 is 1. The molecule has 0 unspecified atom stereocenters. The van der Waals surface area contributed by atoms with Crippen molar-refractivity contribution < 1.29 is 4.74 Å². The molecule has 0 atom stereocenters. The summed E-state index contributed by atoms with van der Waals surface area (Å²) in [6.07, 6.45) is 3.19. The first-order valence-electron chi connectivity index (χ1n) is 9.43. The summed E-state index contributed by atoms with van der Waals surface area (Å²) in [4.78, 5) is 17.9. The number of aromatic nitrogens is 2. The Bertz CT molecular complexity index is 1250. The summed E-state index contributed by atoms with van der Waals surface area (Å²) >= 11 is 0. The number of nitrogens with zero attached hydrogens (tertiary/aromatic N) is 3. The summed E-state index contributed by atoms with van der Waals surface area (Å²) in [5.41, 5.74) is 6.17. The molecule has 0 saturated carbocycles. The van der Waals surface area contributed by atoms with Crippen molar-refractivity contribution in [1.29, 1.82) is 0 Å². The van der Waals surface area contributed by atoms with Crippen LogP contribution in [-0.2, 0) is 0 Å². The summed E-state index contributed by atoms with van der Waals surface area (Å²) in [6, 6.07) is 20.7. The van der Waals surface area contributed by atoms with Gasteiger partial charge in [-0.05, 0) is 55.0 Å². The molecule has 0 aliphatic rings. The van der Waals surface area contributed by atoms with Gasteiger partial charge in [-0.3, -0.25) is 14.6 Å². The van der Waals surface area contributed by atoms with Crippen molar-refractivity contribution >= 4 is 29.1 Å². The van der Waals surface area contributed by atoms with Gasteiger partial charge in [-0.2, -0.15) is 5.10 Å². The van der Waals surface area contributed by atoms with Crippen LogP contribution in [0, 0.1) is 6.92 Å². The molecule has 0 bridgehead atoms. The number of hydrogen-bond acceptors (Lipinski definition) is 6. The minimum absolute atomic E-state index is 0.210. The number of anilines is 3. The quantitative estimate of drug-likeness (QED) is 0.375. The van der Waals surface area contributed by atoms with E-state index >= 15 is 0 Å². The smallest absolute Gasteiger partial charge is 0.268 e. The second kappa shape index (κ2) is 8.48. The maximum absolute atomic E-state index is 13.2. The largest absolute Gasteiger partial charge is 0.497 e. The number of pyridine rings is 1. The van der Waals surface area contributed by atoms with Gasteiger partial charge in [0.1, 0.15) is 22.8 Å². The maximum Gasteiger partial charge on any atom is 0.268 e. The maximum atomic E-state index is 13.2. The van der Waals surface area contributed by atoms with Gasteiger partial charge in [0.05, 0.1) is 19.0 Å². The molecule has 7 nitrogen and oxygen atoms in total. The molecular weight excluding hydrogens is 378 g/mol. The third-order valence-corrected chi connectivity index (χ3v) is 4.60. The van der Waals surface area contributed by atoms with Crippen molar-refractivity contribution in [2.45, 2.75) is 6.92 Å². The molecule has 150 valence electrons. The van der Waals surface area contributed by atoms with E-state index < -0.39 is 0 Å². The number of nitrogens with one attached hydrogen (secondary N) is 2. The van der Waals surface area contributed by atoms with E-state index in [9.17, 15) is 4.79 Å². The molecular formula is C23H21N5O2. The summed E-state index contributed by atoms with van der Waals surface area (Å²) in [5, 5.41) is 7.48. The molecule has 0 fully saturated rings. The van der Waals surface area contributed by atoms with Crippen LogP contribution >= 0.6 is 0 Å².